The van der Waals surface area contributed by atoms with Gasteiger partial charge in [-0.25, -0.2) is 13.2 Å². The van der Waals surface area contributed by atoms with Crippen LogP contribution in [0.4, 0.5) is 0 Å². The van der Waals surface area contributed by atoms with Crippen molar-refractivity contribution in [2.75, 3.05) is 13.2 Å². The van der Waals surface area contributed by atoms with Gasteiger partial charge in [-0.3, -0.25) is 0 Å². The van der Waals surface area contributed by atoms with E-state index in [1.807, 2.05) is 0 Å². The van der Waals surface area contributed by atoms with Crippen LogP contribution >= 0.6 is 0 Å². The van der Waals surface area contributed by atoms with Crippen LogP contribution < -0.4 is 0 Å². The van der Waals surface area contributed by atoms with Crippen LogP contribution in [-0.2, 0) is 10.0 Å². The lowest BCUT2D eigenvalue weighted by molar-refractivity contribution is 0.0696. The first-order chi connectivity index (χ1) is 8.96. The maximum atomic E-state index is 12.4. The summed E-state index contributed by atoms with van der Waals surface area (Å²) in [6.07, 6.45) is 1.32. The first-order valence-electron chi connectivity index (χ1n) is 5.93. The zero-order chi connectivity index (χ0) is 14.0. The number of sulfonamides is 1. The van der Waals surface area contributed by atoms with Gasteiger partial charge in [-0.15, -0.1) is 0 Å². The van der Waals surface area contributed by atoms with Crippen molar-refractivity contribution in [2.45, 2.75) is 23.8 Å². The van der Waals surface area contributed by atoms with E-state index in [9.17, 15) is 18.3 Å². The number of benzene rings is 1. The lowest BCUT2D eigenvalue weighted by Crippen LogP contribution is -2.37. The van der Waals surface area contributed by atoms with E-state index in [1.54, 1.807) is 0 Å². The third-order valence-corrected chi connectivity index (χ3v) is 5.17. The van der Waals surface area contributed by atoms with Crippen molar-refractivity contribution in [1.29, 1.82) is 0 Å². The number of aliphatic hydroxyl groups excluding tert-OH is 1. The largest absolute Gasteiger partial charge is 0.478 e. The molecule has 0 spiro atoms. The van der Waals surface area contributed by atoms with Crippen molar-refractivity contribution in [1.82, 2.24) is 4.31 Å². The first kappa shape index (κ1) is 14.0. The maximum Gasteiger partial charge on any atom is 0.335 e. The van der Waals surface area contributed by atoms with Gasteiger partial charge in [0.05, 0.1) is 17.1 Å². The van der Waals surface area contributed by atoms with Crippen LogP contribution in [0.1, 0.15) is 23.2 Å². The van der Waals surface area contributed by atoms with Crippen LogP contribution in [0.25, 0.3) is 0 Å². The van der Waals surface area contributed by atoms with E-state index in [0.717, 1.165) is 6.07 Å². The second kappa shape index (κ2) is 5.28. The van der Waals surface area contributed by atoms with Crippen LogP contribution in [0, 0.1) is 0 Å². The van der Waals surface area contributed by atoms with Crippen LogP contribution in [0.15, 0.2) is 29.2 Å². The molecule has 1 atom stereocenters. The van der Waals surface area contributed by atoms with Gasteiger partial charge in [0.15, 0.2) is 0 Å². The summed E-state index contributed by atoms with van der Waals surface area (Å²) in [7, 11) is -3.75. The van der Waals surface area contributed by atoms with E-state index in [1.165, 1.54) is 22.5 Å². The second-order valence-corrected chi connectivity index (χ2v) is 6.32. The van der Waals surface area contributed by atoms with Crippen molar-refractivity contribution < 1.29 is 23.4 Å². The Balaban J connectivity index is 2.39. The molecule has 6 nitrogen and oxygen atoms in total. The summed E-state index contributed by atoms with van der Waals surface area (Å²) in [5, 5.41) is 18.1. The molecule has 1 fully saturated rings. The van der Waals surface area contributed by atoms with Crippen LogP contribution in [0.3, 0.4) is 0 Å². The number of aromatic carboxylic acids is 1. The number of hydrogen-bond donors (Lipinski definition) is 2. The van der Waals surface area contributed by atoms with Gasteiger partial charge in [0.1, 0.15) is 0 Å². The molecule has 7 heteroatoms. The molecule has 1 aromatic carbocycles. The molecular weight excluding hydrogens is 270 g/mol. The molecule has 2 N–H and O–H groups in total. The molecule has 19 heavy (non-hydrogen) atoms. The van der Waals surface area contributed by atoms with Gasteiger partial charge in [-0.2, -0.15) is 4.31 Å². The molecule has 104 valence electrons. The summed E-state index contributed by atoms with van der Waals surface area (Å²) in [6.45, 7) is 0.128. The Labute approximate surface area is 111 Å². The first-order valence-corrected chi connectivity index (χ1v) is 7.37. The topological polar surface area (TPSA) is 94.9 Å². The van der Waals surface area contributed by atoms with Crippen molar-refractivity contribution in [3.63, 3.8) is 0 Å². The van der Waals surface area contributed by atoms with Crippen LogP contribution in [0.5, 0.6) is 0 Å². The standard InChI is InChI=1S/C12H15NO5S/c14-8-10-4-2-6-13(10)19(17,18)11-5-1-3-9(7-11)12(15)16/h1,3,5,7,10,14H,2,4,6,8H2,(H,15,16)/t10-/m1/s1. The highest BCUT2D eigenvalue weighted by Gasteiger charge is 2.34. The van der Waals surface area contributed by atoms with Gasteiger partial charge in [-0.05, 0) is 31.0 Å². The molecule has 0 saturated carbocycles. The van der Waals surface area contributed by atoms with Gasteiger partial charge in [0.2, 0.25) is 10.0 Å². The molecule has 0 bridgehead atoms. The SMILES string of the molecule is O=C(O)c1cccc(S(=O)(=O)N2CCC[C@@H]2CO)c1. The minimum Gasteiger partial charge on any atom is -0.478 e. The molecule has 0 unspecified atom stereocenters. The highest BCUT2D eigenvalue weighted by molar-refractivity contribution is 7.89. The molecule has 0 aliphatic carbocycles. The zero-order valence-electron chi connectivity index (χ0n) is 10.2. The zero-order valence-corrected chi connectivity index (χ0v) is 11.0. The van der Waals surface area contributed by atoms with Crippen molar-refractivity contribution in [2.24, 2.45) is 0 Å². The molecule has 0 amide bonds. The normalized spacial score (nSPS) is 20.6. The maximum absolute atomic E-state index is 12.4. The lowest BCUT2D eigenvalue weighted by atomic mass is 10.2. The van der Waals surface area contributed by atoms with E-state index in [-0.39, 0.29) is 17.1 Å². The van der Waals surface area contributed by atoms with Crippen LogP contribution in [0.2, 0.25) is 0 Å². The highest BCUT2D eigenvalue weighted by Crippen LogP contribution is 2.26. The van der Waals surface area contributed by atoms with E-state index in [2.05, 4.69) is 0 Å². The van der Waals surface area contributed by atoms with Crippen LogP contribution in [-0.4, -0.2) is 48.1 Å². The Morgan fingerprint density at radius 1 is 1.42 bits per heavy atom. The number of carbonyl (C=O) groups is 1. The summed E-state index contributed by atoms with van der Waals surface area (Å²) in [6, 6.07) is 4.84. The van der Waals surface area contributed by atoms with Gasteiger partial charge in [-0.1, -0.05) is 6.07 Å². The average molecular weight is 285 g/mol. The van der Waals surface area contributed by atoms with Gasteiger partial charge in [0.25, 0.3) is 0 Å². The Morgan fingerprint density at radius 3 is 2.79 bits per heavy atom. The third-order valence-electron chi connectivity index (χ3n) is 3.22. The number of hydrogen-bond acceptors (Lipinski definition) is 4. The van der Waals surface area contributed by atoms with Crippen molar-refractivity contribution in [3.05, 3.63) is 29.8 Å². The Hall–Kier alpha value is -1.44. The number of aliphatic hydroxyl groups is 1. The Kier molecular flexibility index (Phi) is 3.88. The van der Waals surface area contributed by atoms with E-state index >= 15 is 0 Å². The average Bonchev–Trinajstić information content (AvgIpc) is 2.88. The van der Waals surface area contributed by atoms with Crippen molar-refractivity contribution in [3.8, 4) is 0 Å². The number of carboxylic acid groups (broad SMARTS) is 1. The van der Waals surface area contributed by atoms with Gasteiger partial charge < -0.3 is 10.2 Å². The van der Waals surface area contributed by atoms with E-state index in [4.69, 9.17) is 5.11 Å². The molecule has 0 radical (unpaired) electrons. The fourth-order valence-corrected chi connectivity index (χ4v) is 3.96. The monoisotopic (exact) mass is 285 g/mol. The Morgan fingerprint density at radius 2 is 2.16 bits per heavy atom. The molecule has 2 rings (SSSR count). The Bertz CT molecular complexity index is 584. The summed E-state index contributed by atoms with van der Waals surface area (Å²) < 4.78 is 26.0. The quantitative estimate of drug-likeness (QED) is 0.841. The highest BCUT2D eigenvalue weighted by atomic mass is 32.2. The molecule has 1 saturated heterocycles. The van der Waals surface area contributed by atoms with E-state index in [0.29, 0.717) is 19.4 Å². The molecular formula is C12H15NO5S. The third kappa shape index (κ3) is 2.63. The fourth-order valence-electron chi connectivity index (χ4n) is 2.23. The molecule has 1 aromatic rings. The summed E-state index contributed by atoms with van der Waals surface area (Å²) in [5.74, 6) is -1.17. The predicted octanol–water partition coefficient (Wildman–Crippen LogP) is 0.530. The van der Waals surface area contributed by atoms with Gasteiger partial charge in [0, 0.05) is 12.6 Å². The minimum atomic E-state index is -3.75. The molecule has 1 aliphatic rings. The fraction of sp³-hybridized carbons (Fsp3) is 0.417. The lowest BCUT2D eigenvalue weighted by Gasteiger charge is -2.22. The predicted molar refractivity (Wildman–Crippen MR) is 67.4 cm³/mol. The smallest absolute Gasteiger partial charge is 0.335 e. The number of carboxylic acids is 1. The number of nitrogens with zero attached hydrogens (tertiary/aromatic N) is 1. The molecule has 1 heterocycles. The molecule has 1 aliphatic heterocycles. The van der Waals surface area contributed by atoms with Gasteiger partial charge >= 0.3 is 5.97 Å². The second-order valence-electron chi connectivity index (χ2n) is 4.43. The van der Waals surface area contributed by atoms with E-state index < -0.39 is 22.0 Å². The molecule has 0 aromatic heterocycles. The summed E-state index contributed by atoms with van der Waals surface area (Å²) in [4.78, 5) is 10.8. The summed E-state index contributed by atoms with van der Waals surface area (Å²) >= 11 is 0. The van der Waals surface area contributed by atoms with Crippen molar-refractivity contribution >= 4 is 16.0 Å². The minimum absolute atomic E-state index is 0.0484. The summed E-state index contributed by atoms with van der Waals surface area (Å²) in [5.41, 5.74) is -0.0687. The number of rotatable bonds is 4.